The monoisotopic (exact) mass is 487 g/mol. The lowest BCUT2D eigenvalue weighted by Crippen LogP contribution is -2.47. The Hall–Kier alpha value is -3.18. The smallest absolute Gasteiger partial charge is 0.338 e. The molecule has 36 heavy (non-hydrogen) atoms. The zero-order chi connectivity index (χ0) is 25.8. The lowest BCUT2D eigenvalue weighted by molar-refractivity contribution is -0.138. The van der Waals surface area contributed by atoms with Crippen molar-refractivity contribution >= 4 is 11.9 Å². The normalized spacial score (nSPS) is 23.8. The van der Waals surface area contributed by atoms with Crippen molar-refractivity contribution in [1.29, 1.82) is 0 Å². The molecule has 1 N–H and O–H groups in total. The number of nitrogens with zero attached hydrogens (tertiary/aromatic N) is 1. The number of hydrogen-bond acceptors (Lipinski definition) is 4. The summed E-state index contributed by atoms with van der Waals surface area (Å²) in [6.07, 6.45) is 12.4. The van der Waals surface area contributed by atoms with E-state index in [1.807, 2.05) is 48.6 Å². The van der Waals surface area contributed by atoms with Crippen molar-refractivity contribution in [3.63, 3.8) is 0 Å². The highest BCUT2D eigenvalue weighted by atomic mass is 16.6. The molecule has 0 heterocycles. The molecule has 2 aliphatic carbocycles. The Morgan fingerprint density at radius 3 is 2.19 bits per heavy atom. The quantitative estimate of drug-likeness (QED) is 0.367. The van der Waals surface area contributed by atoms with Crippen LogP contribution in [0.3, 0.4) is 0 Å². The summed E-state index contributed by atoms with van der Waals surface area (Å²) in [6.45, 7) is 2.85. The maximum atomic E-state index is 13.4. The summed E-state index contributed by atoms with van der Waals surface area (Å²) < 4.78 is 6.53. The highest BCUT2D eigenvalue weighted by Gasteiger charge is 2.46. The first-order valence-electron chi connectivity index (χ1n) is 12.9. The number of esters is 1. The van der Waals surface area contributed by atoms with E-state index >= 15 is 0 Å². The molecular weight excluding hydrogens is 450 g/mol. The van der Waals surface area contributed by atoms with Gasteiger partial charge in [-0.15, -0.1) is 0 Å². The van der Waals surface area contributed by atoms with Gasteiger partial charge < -0.3 is 14.7 Å². The molecule has 0 aromatic heterocycles. The van der Waals surface area contributed by atoms with E-state index in [1.54, 1.807) is 12.2 Å². The van der Waals surface area contributed by atoms with E-state index in [1.165, 1.54) is 0 Å². The molecule has 5 heteroatoms. The summed E-state index contributed by atoms with van der Waals surface area (Å²) in [6, 6.07) is 17.6. The van der Waals surface area contributed by atoms with Gasteiger partial charge in [0.1, 0.15) is 5.60 Å². The van der Waals surface area contributed by atoms with E-state index in [2.05, 4.69) is 44.1 Å². The number of carbonyl (C=O) groups is 2. The number of likely N-dealkylation sites (N-methyl/N-ethyl adjacent to an activating group) is 1. The van der Waals surface area contributed by atoms with Crippen LogP contribution in [0, 0.1) is 5.92 Å². The minimum Gasteiger partial charge on any atom is -0.481 e. The average Bonchev–Trinajstić information content (AvgIpc) is 2.88. The topological polar surface area (TPSA) is 66.8 Å². The maximum Gasteiger partial charge on any atom is 0.338 e. The molecule has 2 aliphatic rings. The van der Waals surface area contributed by atoms with Gasteiger partial charge in [-0.1, -0.05) is 73.2 Å². The lowest BCUT2D eigenvalue weighted by Gasteiger charge is -2.45. The number of carboxylic acids is 1. The van der Waals surface area contributed by atoms with E-state index in [4.69, 9.17) is 4.74 Å². The van der Waals surface area contributed by atoms with Crippen LogP contribution in [-0.2, 0) is 14.9 Å². The average molecular weight is 488 g/mol. The number of benzene rings is 2. The molecule has 1 saturated carbocycles. The molecule has 2 aromatic rings. The van der Waals surface area contributed by atoms with Gasteiger partial charge in [0, 0.05) is 17.9 Å². The number of carboxylic acid groups (broad SMARTS) is 1. The SMILES string of the molecule is CN(C)CC(c1ccccc1C1(C)C=CC(C(=O)O)C=C1)C1(OC(=O)c2ccccc2)CCCCC1. The van der Waals surface area contributed by atoms with E-state index in [0.29, 0.717) is 5.56 Å². The molecular formula is C31H37NO4. The molecule has 190 valence electrons. The molecule has 4 rings (SSSR count). The Balaban J connectivity index is 1.78. The summed E-state index contributed by atoms with van der Waals surface area (Å²) in [5, 5.41) is 9.45. The first kappa shape index (κ1) is 25.9. The van der Waals surface area contributed by atoms with Crippen LogP contribution in [0.4, 0.5) is 0 Å². The first-order valence-corrected chi connectivity index (χ1v) is 12.9. The van der Waals surface area contributed by atoms with E-state index in [9.17, 15) is 14.7 Å². The largest absolute Gasteiger partial charge is 0.481 e. The number of rotatable bonds is 8. The van der Waals surface area contributed by atoms with Gasteiger partial charge in [0.15, 0.2) is 0 Å². The number of allylic oxidation sites excluding steroid dienone is 2. The fourth-order valence-electron chi connectivity index (χ4n) is 5.77. The van der Waals surface area contributed by atoms with Crippen LogP contribution in [-0.4, -0.2) is 48.2 Å². The second kappa shape index (κ2) is 10.8. The minimum absolute atomic E-state index is 0.0347. The van der Waals surface area contributed by atoms with Crippen LogP contribution in [0.5, 0.6) is 0 Å². The van der Waals surface area contributed by atoms with Crippen molar-refractivity contribution in [3.8, 4) is 0 Å². The fourth-order valence-corrected chi connectivity index (χ4v) is 5.77. The van der Waals surface area contributed by atoms with Crippen LogP contribution >= 0.6 is 0 Å². The van der Waals surface area contributed by atoms with Gasteiger partial charge in [-0.2, -0.15) is 0 Å². The van der Waals surface area contributed by atoms with Crippen molar-refractivity contribution in [2.24, 2.45) is 5.92 Å². The first-order chi connectivity index (χ1) is 17.2. The number of carbonyl (C=O) groups excluding carboxylic acids is 1. The molecule has 2 aromatic carbocycles. The van der Waals surface area contributed by atoms with Crippen molar-refractivity contribution < 1.29 is 19.4 Å². The predicted molar refractivity (Wildman–Crippen MR) is 142 cm³/mol. The van der Waals surface area contributed by atoms with Gasteiger partial charge in [0.2, 0.25) is 0 Å². The molecule has 5 nitrogen and oxygen atoms in total. The second-order valence-corrected chi connectivity index (χ2v) is 10.6. The summed E-state index contributed by atoms with van der Waals surface area (Å²) in [7, 11) is 4.12. The molecule has 0 spiro atoms. The summed E-state index contributed by atoms with van der Waals surface area (Å²) in [4.78, 5) is 27.1. The highest BCUT2D eigenvalue weighted by molar-refractivity contribution is 5.89. The lowest BCUT2D eigenvalue weighted by atomic mass is 9.67. The Labute approximate surface area is 214 Å². The zero-order valence-corrected chi connectivity index (χ0v) is 21.5. The van der Waals surface area contributed by atoms with E-state index < -0.39 is 22.9 Å². The molecule has 1 unspecified atom stereocenters. The van der Waals surface area contributed by atoms with Crippen LogP contribution in [0.2, 0.25) is 0 Å². The standard InChI is InChI=1S/C31H37NO4/c1-30(20-16-23(17-21-30)28(33)34)26-15-9-8-14-25(26)27(22-32(2)3)31(18-10-5-11-19-31)36-29(35)24-12-6-4-7-13-24/h4,6-9,12-17,20-21,23,27H,5,10-11,18-19,22H2,1-3H3,(H,33,34). The zero-order valence-electron chi connectivity index (χ0n) is 21.5. The van der Waals surface area contributed by atoms with Gasteiger partial charge in [-0.3, -0.25) is 4.79 Å². The Kier molecular flexibility index (Phi) is 7.79. The second-order valence-electron chi connectivity index (χ2n) is 10.6. The van der Waals surface area contributed by atoms with Crippen LogP contribution in [0.25, 0.3) is 0 Å². The van der Waals surface area contributed by atoms with Crippen molar-refractivity contribution in [3.05, 3.63) is 95.6 Å². The van der Waals surface area contributed by atoms with Crippen LogP contribution < -0.4 is 0 Å². The van der Waals surface area contributed by atoms with Gasteiger partial charge >= 0.3 is 11.9 Å². The minimum atomic E-state index is -0.850. The third-order valence-electron chi connectivity index (χ3n) is 7.69. The molecule has 0 amide bonds. The molecule has 0 bridgehead atoms. The van der Waals surface area contributed by atoms with Crippen LogP contribution in [0.1, 0.15) is 66.4 Å². The van der Waals surface area contributed by atoms with Gasteiger partial charge in [0.05, 0.1) is 11.5 Å². The molecule has 1 atom stereocenters. The van der Waals surface area contributed by atoms with Gasteiger partial charge in [-0.05, 0) is 70.0 Å². The fraction of sp³-hybridized carbons (Fsp3) is 0.419. The number of hydrogen-bond donors (Lipinski definition) is 1. The summed E-state index contributed by atoms with van der Waals surface area (Å²) in [5.74, 6) is -1.77. The molecule has 0 saturated heterocycles. The van der Waals surface area contributed by atoms with Crippen molar-refractivity contribution in [2.75, 3.05) is 20.6 Å². The summed E-state index contributed by atoms with van der Waals surface area (Å²) >= 11 is 0. The Morgan fingerprint density at radius 2 is 1.58 bits per heavy atom. The van der Waals surface area contributed by atoms with E-state index in [0.717, 1.165) is 49.8 Å². The van der Waals surface area contributed by atoms with Crippen LogP contribution in [0.15, 0.2) is 78.9 Å². The van der Waals surface area contributed by atoms with Crippen molar-refractivity contribution in [2.45, 2.75) is 56.0 Å². The summed E-state index contributed by atoms with van der Waals surface area (Å²) in [5.41, 5.74) is 1.78. The number of aliphatic carboxylic acids is 1. The number of ether oxygens (including phenoxy) is 1. The third-order valence-corrected chi connectivity index (χ3v) is 7.69. The molecule has 0 radical (unpaired) electrons. The Morgan fingerprint density at radius 1 is 0.972 bits per heavy atom. The van der Waals surface area contributed by atoms with Gasteiger partial charge in [-0.25, -0.2) is 4.79 Å². The molecule has 0 aliphatic heterocycles. The van der Waals surface area contributed by atoms with Crippen molar-refractivity contribution in [1.82, 2.24) is 4.90 Å². The van der Waals surface area contributed by atoms with Gasteiger partial charge in [0.25, 0.3) is 0 Å². The Bertz CT molecular complexity index is 1110. The highest BCUT2D eigenvalue weighted by Crippen LogP contribution is 2.47. The maximum absolute atomic E-state index is 13.4. The predicted octanol–water partition coefficient (Wildman–Crippen LogP) is 5.98. The van der Waals surface area contributed by atoms with E-state index in [-0.39, 0.29) is 11.9 Å². The third kappa shape index (κ3) is 5.46. The molecule has 1 fully saturated rings.